The average molecular weight is 413 g/mol. The molecule has 0 aromatic heterocycles. The van der Waals surface area contributed by atoms with Gasteiger partial charge in [0.2, 0.25) is 11.8 Å². The molecule has 0 fully saturated rings. The lowest BCUT2D eigenvalue weighted by molar-refractivity contribution is -0.122. The highest BCUT2D eigenvalue weighted by Gasteiger charge is 2.23. The maximum Gasteiger partial charge on any atom is 0.265 e. The molecule has 0 spiro atoms. The molecule has 1 aliphatic rings. The van der Waals surface area contributed by atoms with Crippen molar-refractivity contribution in [3.05, 3.63) is 47.5 Å². The minimum Gasteiger partial charge on any atom is -0.479 e. The molecular formula is C21H23N3O4S. The van der Waals surface area contributed by atoms with E-state index in [-0.39, 0.29) is 29.2 Å². The quantitative estimate of drug-likeness (QED) is 0.675. The summed E-state index contributed by atoms with van der Waals surface area (Å²) >= 11 is 1.23. The maximum atomic E-state index is 12.1. The fraction of sp³-hybridized carbons (Fsp3) is 0.286. The fourth-order valence-corrected chi connectivity index (χ4v) is 3.48. The second kappa shape index (κ2) is 9.00. The zero-order valence-corrected chi connectivity index (χ0v) is 17.3. The number of carbonyl (C=O) groups is 3. The summed E-state index contributed by atoms with van der Waals surface area (Å²) in [7, 11) is 0. The minimum absolute atomic E-state index is 0.136. The van der Waals surface area contributed by atoms with Crippen molar-refractivity contribution in [3.8, 4) is 5.75 Å². The Balaban J connectivity index is 1.46. The highest BCUT2D eigenvalue weighted by molar-refractivity contribution is 8.00. The van der Waals surface area contributed by atoms with Gasteiger partial charge in [0.15, 0.2) is 6.10 Å². The van der Waals surface area contributed by atoms with Gasteiger partial charge in [0.25, 0.3) is 5.91 Å². The molecule has 1 atom stereocenters. The third-order valence-electron chi connectivity index (χ3n) is 4.32. The topological polar surface area (TPSA) is 96.5 Å². The molecular weight excluding hydrogens is 390 g/mol. The first-order valence-electron chi connectivity index (χ1n) is 9.18. The van der Waals surface area contributed by atoms with Gasteiger partial charge in [0.05, 0.1) is 17.2 Å². The zero-order chi connectivity index (χ0) is 21.0. The molecule has 8 heteroatoms. The van der Waals surface area contributed by atoms with Crippen molar-refractivity contribution in [2.45, 2.75) is 26.9 Å². The number of ether oxygens (including phenoxy) is 1. The van der Waals surface area contributed by atoms with Crippen LogP contribution in [0.5, 0.6) is 5.75 Å². The van der Waals surface area contributed by atoms with Crippen molar-refractivity contribution in [1.29, 1.82) is 0 Å². The van der Waals surface area contributed by atoms with E-state index in [1.54, 1.807) is 25.1 Å². The van der Waals surface area contributed by atoms with Crippen LogP contribution in [0, 0.1) is 13.8 Å². The van der Waals surface area contributed by atoms with Crippen LogP contribution in [0.2, 0.25) is 0 Å². The first-order chi connectivity index (χ1) is 13.8. The van der Waals surface area contributed by atoms with E-state index in [2.05, 4.69) is 16.0 Å². The number of anilines is 3. The molecule has 3 amide bonds. The molecule has 152 valence electrons. The summed E-state index contributed by atoms with van der Waals surface area (Å²) in [4.78, 5) is 35.9. The van der Waals surface area contributed by atoms with Gasteiger partial charge in [-0.1, -0.05) is 17.7 Å². The Hall–Kier alpha value is -3.00. The molecule has 0 saturated carbocycles. The Morgan fingerprint density at radius 2 is 1.79 bits per heavy atom. The van der Waals surface area contributed by atoms with E-state index in [1.807, 2.05) is 32.0 Å². The van der Waals surface area contributed by atoms with Crippen LogP contribution in [0.15, 0.2) is 36.4 Å². The van der Waals surface area contributed by atoms with E-state index in [1.165, 1.54) is 11.8 Å². The molecule has 29 heavy (non-hydrogen) atoms. The number of benzene rings is 2. The molecule has 0 unspecified atom stereocenters. The summed E-state index contributed by atoms with van der Waals surface area (Å²) in [6.07, 6.45) is -0.547. The van der Waals surface area contributed by atoms with E-state index < -0.39 is 6.10 Å². The molecule has 1 aliphatic heterocycles. The second-order valence-corrected chi connectivity index (χ2v) is 7.85. The average Bonchev–Trinajstić information content (AvgIpc) is 2.65. The summed E-state index contributed by atoms with van der Waals surface area (Å²) < 4.78 is 5.49. The van der Waals surface area contributed by atoms with Crippen LogP contribution in [-0.2, 0) is 14.4 Å². The minimum atomic E-state index is -0.547. The number of rotatable bonds is 6. The summed E-state index contributed by atoms with van der Waals surface area (Å²) in [5, 5.41) is 8.35. The number of hydrogen-bond donors (Lipinski definition) is 3. The third kappa shape index (κ3) is 5.51. The van der Waals surface area contributed by atoms with Gasteiger partial charge < -0.3 is 20.7 Å². The zero-order valence-electron chi connectivity index (χ0n) is 16.5. The SMILES string of the molecule is Cc1ccc(NC(=O)CSCC(=O)Nc2ccc3c(c2)NC(=O)[C@@H](C)O3)c(C)c1. The van der Waals surface area contributed by atoms with Crippen molar-refractivity contribution in [1.82, 2.24) is 0 Å². The van der Waals surface area contributed by atoms with Gasteiger partial charge in [-0.2, -0.15) is 0 Å². The third-order valence-corrected chi connectivity index (χ3v) is 5.25. The Morgan fingerprint density at radius 1 is 1.07 bits per heavy atom. The molecule has 1 heterocycles. The molecule has 0 aliphatic carbocycles. The Labute approximate surface area is 173 Å². The van der Waals surface area contributed by atoms with Crippen LogP contribution in [0.4, 0.5) is 17.1 Å². The number of fused-ring (bicyclic) bond motifs is 1. The normalized spacial score (nSPS) is 15.0. The molecule has 3 rings (SSSR count). The van der Waals surface area contributed by atoms with E-state index in [4.69, 9.17) is 4.74 Å². The van der Waals surface area contributed by atoms with Crippen LogP contribution in [0.25, 0.3) is 0 Å². The number of hydrogen-bond acceptors (Lipinski definition) is 5. The number of thioether (sulfide) groups is 1. The molecule has 0 bridgehead atoms. The first kappa shape index (κ1) is 20.7. The van der Waals surface area contributed by atoms with E-state index in [0.717, 1.165) is 16.8 Å². The van der Waals surface area contributed by atoms with E-state index in [0.29, 0.717) is 17.1 Å². The van der Waals surface area contributed by atoms with Gasteiger partial charge in [-0.25, -0.2) is 0 Å². The molecule has 7 nitrogen and oxygen atoms in total. The van der Waals surface area contributed by atoms with Gasteiger partial charge in [-0.05, 0) is 50.6 Å². The highest BCUT2D eigenvalue weighted by Crippen LogP contribution is 2.32. The number of carbonyl (C=O) groups excluding carboxylic acids is 3. The van der Waals surface area contributed by atoms with Crippen molar-refractivity contribution in [2.24, 2.45) is 0 Å². The highest BCUT2D eigenvalue weighted by atomic mass is 32.2. The lowest BCUT2D eigenvalue weighted by Gasteiger charge is -2.23. The lowest BCUT2D eigenvalue weighted by atomic mass is 10.1. The molecule has 3 N–H and O–H groups in total. The summed E-state index contributed by atoms with van der Waals surface area (Å²) in [6, 6.07) is 10.9. The van der Waals surface area contributed by atoms with Crippen LogP contribution >= 0.6 is 11.8 Å². The molecule has 2 aromatic rings. The van der Waals surface area contributed by atoms with Gasteiger partial charge >= 0.3 is 0 Å². The monoisotopic (exact) mass is 413 g/mol. The van der Waals surface area contributed by atoms with Gasteiger partial charge in [0.1, 0.15) is 5.75 Å². The predicted octanol–water partition coefficient (Wildman–Crippen LogP) is 3.33. The summed E-state index contributed by atoms with van der Waals surface area (Å²) in [6.45, 7) is 5.61. The molecule has 0 saturated heterocycles. The van der Waals surface area contributed by atoms with Crippen molar-refractivity contribution in [2.75, 3.05) is 27.5 Å². The Kier molecular flexibility index (Phi) is 6.43. The summed E-state index contributed by atoms with van der Waals surface area (Å²) in [5.74, 6) is 0.256. The van der Waals surface area contributed by atoms with Crippen molar-refractivity contribution in [3.63, 3.8) is 0 Å². The predicted molar refractivity (Wildman–Crippen MR) is 116 cm³/mol. The van der Waals surface area contributed by atoms with Crippen LogP contribution in [0.1, 0.15) is 18.1 Å². The maximum absolute atomic E-state index is 12.1. The van der Waals surface area contributed by atoms with Gasteiger partial charge in [-0.15, -0.1) is 11.8 Å². The largest absolute Gasteiger partial charge is 0.479 e. The summed E-state index contributed by atoms with van der Waals surface area (Å²) in [5.41, 5.74) is 3.98. The smallest absolute Gasteiger partial charge is 0.265 e. The van der Waals surface area contributed by atoms with Gasteiger partial charge in [-0.3, -0.25) is 14.4 Å². The van der Waals surface area contributed by atoms with Crippen LogP contribution < -0.4 is 20.7 Å². The fourth-order valence-electron chi connectivity index (χ4n) is 2.86. The van der Waals surface area contributed by atoms with Crippen LogP contribution in [-0.4, -0.2) is 35.3 Å². The van der Waals surface area contributed by atoms with E-state index in [9.17, 15) is 14.4 Å². The van der Waals surface area contributed by atoms with E-state index >= 15 is 0 Å². The number of aryl methyl sites for hydroxylation is 2. The Bertz CT molecular complexity index is 961. The number of nitrogens with one attached hydrogen (secondary N) is 3. The lowest BCUT2D eigenvalue weighted by Crippen LogP contribution is -2.34. The Morgan fingerprint density at radius 3 is 2.52 bits per heavy atom. The van der Waals surface area contributed by atoms with Crippen molar-refractivity contribution < 1.29 is 19.1 Å². The van der Waals surface area contributed by atoms with Crippen molar-refractivity contribution >= 4 is 46.5 Å². The number of amides is 3. The van der Waals surface area contributed by atoms with Gasteiger partial charge in [0, 0.05) is 11.4 Å². The molecule has 0 radical (unpaired) electrons. The second-order valence-electron chi connectivity index (χ2n) is 6.87. The molecule has 2 aromatic carbocycles. The van der Waals surface area contributed by atoms with Crippen LogP contribution in [0.3, 0.4) is 0 Å². The first-order valence-corrected chi connectivity index (χ1v) is 10.3. The standard InChI is InChI=1S/C21H23N3O4S/c1-12-4-6-16(13(2)8-12)23-20(26)11-29-10-19(25)22-15-5-7-18-17(9-15)24-21(27)14(3)28-18/h4-9,14H,10-11H2,1-3H3,(H,22,25)(H,23,26)(H,24,27)/t14-/m1/s1.